The van der Waals surface area contributed by atoms with Crippen molar-refractivity contribution in [2.45, 2.75) is 17.6 Å². The second-order valence-electron chi connectivity index (χ2n) is 4.31. The third-order valence-electron chi connectivity index (χ3n) is 2.46. The zero-order chi connectivity index (χ0) is 14.8. The largest absolute Gasteiger partial charge is 0.513 e. The van der Waals surface area contributed by atoms with Crippen LogP contribution in [-0.2, 0) is 4.79 Å². The number of allylic oxidation sites excluding steroid dienone is 2. The molecule has 3 N–H and O–H groups in total. The minimum Gasteiger partial charge on any atom is -0.513 e. The Morgan fingerprint density at radius 1 is 1.05 bits per heavy atom. The summed E-state index contributed by atoms with van der Waals surface area (Å²) in [6, 6.07) is 0. The summed E-state index contributed by atoms with van der Waals surface area (Å²) in [5, 5.41) is 27.1. The molecule has 0 aromatic rings. The zero-order valence-electron chi connectivity index (χ0n) is 10.3. The average Bonchev–Trinajstić information content (AvgIpc) is 2.40. The molecule has 1 saturated heterocycles. The van der Waals surface area contributed by atoms with Gasteiger partial charge in [-0.15, -0.1) is 0 Å². The Labute approximate surface area is 114 Å². The van der Waals surface area contributed by atoms with E-state index >= 15 is 0 Å². The molecule has 1 rings (SSSR count). The first kappa shape index (κ1) is 15.2. The normalized spacial score (nSPS) is 17.6. The molecule has 104 valence electrons. The van der Waals surface area contributed by atoms with Gasteiger partial charge in [0.15, 0.2) is 0 Å². The molecular formula is C12H15NO5S. The number of aliphatic hydroxyl groups is 3. The van der Waals surface area contributed by atoms with Crippen molar-refractivity contribution < 1.29 is 24.9 Å². The summed E-state index contributed by atoms with van der Waals surface area (Å²) in [7, 11) is 0. The summed E-state index contributed by atoms with van der Waals surface area (Å²) in [4.78, 5) is 24.9. The zero-order valence-corrected chi connectivity index (χ0v) is 11.1. The molecule has 1 heterocycles. The molecule has 1 aliphatic rings. The molecule has 6 nitrogen and oxygen atoms in total. The molecule has 0 saturated carbocycles. The fourth-order valence-corrected chi connectivity index (χ4v) is 3.13. The highest BCUT2D eigenvalue weighted by molar-refractivity contribution is 8.16. The van der Waals surface area contributed by atoms with E-state index in [1.54, 1.807) is 0 Å². The van der Waals surface area contributed by atoms with Gasteiger partial charge < -0.3 is 15.3 Å². The first-order valence-corrected chi connectivity index (χ1v) is 6.15. The molecule has 7 heteroatoms. The highest BCUT2D eigenvalue weighted by atomic mass is 32.2. The quantitative estimate of drug-likeness (QED) is 0.648. The van der Waals surface area contributed by atoms with Crippen LogP contribution < -0.4 is 0 Å². The van der Waals surface area contributed by atoms with Crippen molar-refractivity contribution in [3.63, 3.8) is 0 Å². The van der Waals surface area contributed by atoms with Crippen molar-refractivity contribution in [3.05, 3.63) is 37.0 Å². The molecule has 0 atom stereocenters. The van der Waals surface area contributed by atoms with Gasteiger partial charge in [-0.1, -0.05) is 19.7 Å². The molecule has 0 aliphatic carbocycles. The molecule has 0 aromatic heterocycles. The molecule has 0 unspecified atom stereocenters. The third-order valence-corrected chi connectivity index (χ3v) is 3.71. The second-order valence-corrected chi connectivity index (χ2v) is 5.64. The van der Waals surface area contributed by atoms with Gasteiger partial charge in [0, 0.05) is 12.8 Å². The van der Waals surface area contributed by atoms with E-state index in [2.05, 4.69) is 19.7 Å². The van der Waals surface area contributed by atoms with Crippen LogP contribution in [0.4, 0.5) is 4.79 Å². The molecule has 0 aromatic carbocycles. The molecule has 1 aliphatic heterocycles. The number of carbonyl (C=O) groups is 2. The number of aliphatic hydroxyl groups excluding tert-OH is 3. The maximum atomic E-state index is 12.3. The van der Waals surface area contributed by atoms with E-state index in [-0.39, 0.29) is 36.7 Å². The van der Waals surface area contributed by atoms with Crippen molar-refractivity contribution in [1.29, 1.82) is 0 Å². The van der Waals surface area contributed by atoms with E-state index in [1.165, 1.54) is 0 Å². The summed E-state index contributed by atoms with van der Waals surface area (Å²) in [5.74, 6) is -1.51. The van der Waals surface area contributed by atoms with E-state index in [0.29, 0.717) is 11.8 Å². The van der Waals surface area contributed by atoms with Crippen LogP contribution in [-0.4, -0.2) is 42.7 Å². The van der Waals surface area contributed by atoms with Crippen molar-refractivity contribution in [3.8, 4) is 0 Å². The Bertz CT molecular complexity index is 455. The van der Waals surface area contributed by atoms with Crippen molar-refractivity contribution in [2.75, 3.05) is 6.54 Å². The Hall–Kier alpha value is -1.89. The molecule has 0 bridgehead atoms. The summed E-state index contributed by atoms with van der Waals surface area (Å²) in [5.41, 5.74) is 0. The maximum Gasteiger partial charge on any atom is 0.289 e. The standard InChI is InChI=1S/C12H15NO5S/c1-7(14)4-12(5-8(2)15)10(17)13(6-9(3)16)11(18)19-12/h14-16H,1-6H2. The Balaban J connectivity index is 3.09. The van der Waals surface area contributed by atoms with Crippen LogP contribution in [0.1, 0.15) is 12.8 Å². The Kier molecular flexibility index (Phi) is 4.31. The van der Waals surface area contributed by atoms with E-state index in [9.17, 15) is 19.8 Å². The lowest BCUT2D eigenvalue weighted by Gasteiger charge is -2.24. The van der Waals surface area contributed by atoms with Crippen LogP contribution in [0.15, 0.2) is 37.0 Å². The highest BCUT2D eigenvalue weighted by Crippen LogP contribution is 2.45. The lowest BCUT2D eigenvalue weighted by atomic mass is 9.96. The predicted octanol–water partition coefficient (Wildman–Crippen LogP) is 2.42. The van der Waals surface area contributed by atoms with Crippen molar-refractivity contribution in [2.24, 2.45) is 0 Å². The van der Waals surface area contributed by atoms with Crippen LogP contribution in [0, 0.1) is 0 Å². The fourth-order valence-electron chi connectivity index (χ4n) is 1.86. The molecule has 1 fully saturated rings. The van der Waals surface area contributed by atoms with Crippen molar-refractivity contribution in [1.82, 2.24) is 4.90 Å². The van der Waals surface area contributed by atoms with E-state index in [1.807, 2.05) is 0 Å². The number of imide groups is 1. The summed E-state index contributed by atoms with van der Waals surface area (Å²) < 4.78 is -1.37. The number of hydrogen-bond acceptors (Lipinski definition) is 6. The minimum absolute atomic E-state index is 0.184. The van der Waals surface area contributed by atoms with Gasteiger partial charge >= 0.3 is 0 Å². The van der Waals surface area contributed by atoms with Gasteiger partial charge in [0.05, 0.1) is 18.1 Å². The van der Waals surface area contributed by atoms with Crippen LogP contribution in [0.3, 0.4) is 0 Å². The molecule has 0 radical (unpaired) electrons. The molecule has 2 amide bonds. The van der Waals surface area contributed by atoms with E-state index in [0.717, 1.165) is 4.90 Å². The second kappa shape index (κ2) is 5.40. The summed E-state index contributed by atoms with van der Waals surface area (Å²) >= 11 is 0.671. The number of rotatable bonds is 6. The minimum atomic E-state index is -1.37. The van der Waals surface area contributed by atoms with Gasteiger partial charge in [0.25, 0.3) is 5.24 Å². The summed E-state index contributed by atoms with van der Waals surface area (Å²) in [6.07, 6.45) is -0.369. The Morgan fingerprint density at radius 2 is 1.53 bits per heavy atom. The van der Waals surface area contributed by atoms with Crippen LogP contribution in [0.2, 0.25) is 0 Å². The van der Waals surface area contributed by atoms with Crippen LogP contribution in [0.25, 0.3) is 0 Å². The number of carbonyl (C=O) groups excluding carboxylic acids is 2. The SMILES string of the molecule is C=C(O)CN1C(=O)SC(CC(=C)O)(CC(=C)O)C1=O. The van der Waals surface area contributed by atoms with Gasteiger partial charge in [-0.05, 0) is 11.8 Å². The third kappa shape index (κ3) is 3.31. The topological polar surface area (TPSA) is 98.1 Å². The van der Waals surface area contributed by atoms with Gasteiger partial charge in [0.2, 0.25) is 5.91 Å². The number of thioether (sulfide) groups is 1. The smallest absolute Gasteiger partial charge is 0.289 e. The van der Waals surface area contributed by atoms with E-state index in [4.69, 9.17) is 5.11 Å². The highest BCUT2D eigenvalue weighted by Gasteiger charge is 2.53. The lowest BCUT2D eigenvalue weighted by Crippen LogP contribution is -2.41. The van der Waals surface area contributed by atoms with E-state index < -0.39 is 15.9 Å². The number of nitrogens with zero attached hydrogens (tertiary/aromatic N) is 1. The van der Waals surface area contributed by atoms with Gasteiger partial charge in [-0.25, -0.2) is 0 Å². The molecule has 19 heavy (non-hydrogen) atoms. The number of hydrogen-bond donors (Lipinski definition) is 3. The maximum absolute atomic E-state index is 12.3. The van der Waals surface area contributed by atoms with Crippen LogP contribution >= 0.6 is 11.8 Å². The summed E-state index contributed by atoms with van der Waals surface area (Å²) in [6.45, 7) is 9.50. The lowest BCUT2D eigenvalue weighted by molar-refractivity contribution is -0.129. The van der Waals surface area contributed by atoms with Gasteiger partial charge in [0.1, 0.15) is 10.5 Å². The van der Waals surface area contributed by atoms with Gasteiger partial charge in [-0.2, -0.15) is 0 Å². The van der Waals surface area contributed by atoms with Gasteiger partial charge in [-0.3, -0.25) is 14.5 Å². The predicted molar refractivity (Wildman–Crippen MR) is 72.0 cm³/mol. The average molecular weight is 285 g/mol. The molecular weight excluding hydrogens is 270 g/mol. The first-order valence-electron chi connectivity index (χ1n) is 5.33. The monoisotopic (exact) mass is 285 g/mol. The van der Waals surface area contributed by atoms with Crippen molar-refractivity contribution >= 4 is 22.9 Å². The number of amides is 2. The molecule has 0 spiro atoms. The Morgan fingerprint density at radius 3 is 1.89 bits per heavy atom. The fraction of sp³-hybridized carbons (Fsp3) is 0.333. The first-order chi connectivity index (χ1) is 8.68. The van der Waals surface area contributed by atoms with Crippen LogP contribution in [0.5, 0.6) is 0 Å².